The van der Waals surface area contributed by atoms with Gasteiger partial charge in [-0.2, -0.15) is 0 Å². The van der Waals surface area contributed by atoms with E-state index in [0.29, 0.717) is 19.7 Å². The van der Waals surface area contributed by atoms with E-state index >= 15 is 0 Å². The lowest BCUT2D eigenvalue weighted by Gasteiger charge is -2.06. The lowest BCUT2D eigenvalue weighted by Crippen LogP contribution is -2.34. The first kappa shape index (κ1) is 18.7. The van der Waals surface area contributed by atoms with Crippen molar-refractivity contribution in [3.63, 3.8) is 0 Å². The molecule has 0 bridgehead atoms. The van der Waals surface area contributed by atoms with E-state index in [1.807, 2.05) is 54.6 Å². The molecule has 0 spiro atoms. The number of hydrogen-bond acceptors (Lipinski definition) is 3. The Balaban J connectivity index is 1.36. The predicted octanol–water partition coefficient (Wildman–Crippen LogP) is 2.92. The number of ether oxygens (including phenoxy) is 1. The standard InChI is InChI=1S/C22H24N2O3/c25-21(23-14-15-24-22(26)19-9-10-19)13-8-17-6-11-20(12-7-17)27-16-18-4-2-1-3-5-18/h1-8,11-13,19H,9-10,14-16H2,(H,23,25)(H,24,26)/b13-8+. The summed E-state index contributed by atoms with van der Waals surface area (Å²) in [6.07, 6.45) is 5.20. The van der Waals surface area contributed by atoms with Crippen molar-refractivity contribution >= 4 is 17.9 Å². The van der Waals surface area contributed by atoms with Crippen LogP contribution >= 0.6 is 0 Å². The summed E-state index contributed by atoms with van der Waals surface area (Å²) in [5, 5.41) is 5.56. The smallest absolute Gasteiger partial charge is 0.244 e. The molecule has 3 rings (SSSR count). The Morgan fingerprint density at radius 1 is 0.963 bits per heavy atom. The second kappa shape index (κ2) is 9.57. The summed E-state index contributed by atoms with van der Waals surface area (Å²) in [4.78, 5) is 23.3. The van der Waals surface area contributed by atoms with Gasteiger partial charge in [-0.15, -0.1) is 0 Å². The van der Waals surface area contributed by atoms with Gasteiger partial charge in [-0.1, -0.05) is 42.5 Å². The maximum absolute atomic E-state index is 11.8. The van der Waals surface area contributed by atoms with E-state index < -0.39 is 0 Å². The van der Waals surface area contributed by atoms with Crippen LogP contribution in [0.3, 0.4) is 0 Å². The number of carbonyl (C=O) groups is 2. The normalized spacial score (nSPS) is 13.3. The Labute approximate surface area is 159 Å². The molecule has 5 nitrogen and oxygen atoms in total. The van der Waals surface area contributed by atoms with Crippen LogP contribution in [0.5, 0.6) is 5.75 Å². The van der Waals surface area contributed by atoms with E-state index in [9.17, 15) is 9.59 Å². The second-order valence-corrected chi connectivity index (χ2v) is 6.53. The van der Waals surface area contributed by atoms with Gasteiger partial charge in [0.25, 0.3) is 0 Å². The van der Waals surface area contributed by atoms with Gasteiger partial charge in [-0.25, -0.2) is 0 Å². The summed E-state index contributed by atoms with van der Waals surface area (Å²) in [7, 11) is 0. The molecule has 27 heavy (non-hydrogen) atoms. The third kappa shape index (κ3) is 6.62. The van der Waals surface area contributed by atoms with Crippen LogP contribution in [0.1, 0.15) is 24.0 Å². The number of nitrogens with one attached hydrogen (secondary N) is 2. The molecule has 140 valence electrons. The van der Waals surface area contributed by atoms with Crippen molar-refractivity contribution in [1.82, 2.24) is 10.6 Å². The van der Waals surface area contributed by atoms with Crippen LogP contribution in [-0.2, 0) is 16.2 Å². The summed E-state index contributed by atoms with van der Waals surface area (Å²) < 4.78 is 5.74. The minimum Gasteiger partial charge on any atom is -0.489 e. The molecule has 0 aliphatic heterocycles. The monoisotopic (exact) mass is 364 g/mol. The van der Waals surface area contributed by atoms with E-state index in [2.05, 4.69) is 10.6 Å². The molecule has 0 saturated heterocycles. The van der Waals surface area contributed by atoms with Crippen molar-refractivity contribution in [3.05, 3.63) is 71.8 Å². The Morgan fingerprint density at radius 3 is 2.37 bits per heavy atom. The lowest BCUT2D eigenvalue weighted by molar-refractivity contribution is -0.122. The second-order valence-electron chi connectivity index (χ2n) is 6.53. The molecule has 1 aliphatic carbocycles. The fourth-order valence-corrected chi connectivity index (χ4v) is 2.51. The van der Waals surface area contributed by atoms with Gasteiger partial charge >= 0.3 is 0 Å². The molecule has 2 aromatic carbocycles. The summed E-state index contributed by atoms with van der Waals surface area (Å²) in [6.45, 7) is 1.41. The predicted molar refractivity (Wildman–Crippen MR) is 105 cm³/mol. The third-order valence-corrected chi connectivity index (χ3v) is 4.23. The van der Waals surface area contributed by atoms with Gasteiger partial charge in [-0.05, 0) is 42.2 Å². The zero-order chi connectivity index (χ0) is 18.9. The Bertz CT molecular complexity index is 781. The molecule has 5 heteroatoms. The number of hydrogen-bond donors (Lipinski definition) is 2. The SMILES string of the molecule is O=C(/C=C/c1ccc(OCc2ccccc2)cc1)NCCNC(=O)C1CC1. The van der Waals surface area contributed by atoms with Crippen molar-refractivity contribution < 1.29 is 14.3 Å². The first-order chi connectivity index (χ1) is 13.2. The number of benzene rings is 2. The number of amides is 2. The van der Waals surface area contributed by atoms with Crippen molar-refractivity contribution in [3.8, 4) is 5.75 Å². The van der Waals surface area contributed by atoms with Crippen molar-refractivity contribution in [1.29, 1.82) is 0 Å². The first-order valence-corrected chi connectivity index (χ1v) is 9.21. The van der Waals surface area contributed by atoms with Crippen LogP contribution in [0.15, 0.2) is 60.7 Å². The minimum absolute atomic E-state index is 0.0920. The molecule has 2 amide bonds. The zero-order valence-electron chi connectivity index (χ0n) is 15.2. The molecule has 2 aromatic rings. The molecule has 1 fully saturated rings. The number of rotatable bonds is 9. The average Bonchev–Trinajstić information content (AvgIpc) is 3.55. The van der Waals surface area contributed by atoms with Crippen molar-refractivity contribution in [2.75, 3.05) is 13.1 Å². The molecule has 1 aliphatic rings. The molecular weight excluding hydrogens is 340 g/mol. The molecular formula is C22H24N2O3. The Kier molecular flexibility index (Phi) is 6.63. The van der Waals surface area contributed by atoms with Crippen LogP contribution in [0.25, 0.3) is 6.08 Å². The van der Waals surface area contributed by atoms with E-state index in [0.717, 1.165) is 29.7 Å². The molecule has 0 aromatic heterocycles. The van der Waals surface area contributed by atoms with E-state index in [4.69, 9.17) is 4.74 Å². The van der Waals surface area contributed by atoms with E-state index in [1.54, 1.807) is 6.08 Å². The fraction of sp³-hybridized carbons (Fsp3) is 0.273. The van der Waals surface area contributed by atoms with Gasteiger partial charge < -0.3 is 15.4 Å². The number of carbonyl (C=O) groups excluding carboxylic acids is 2. The highest BCUT2D eigenvalue weighted by molar-refractivity contribution is 5.91. The maximum Gasteiger partial charge on any atom is 0.244 e. The van der Waals surface area contributed by atoms with Gasteiger partial charge in [-0.3, -0.25) is 9.59 Å². The third-order valence-electron chi connectivity index (χ3n) is 4.23. The molecule has 0 unspecified atom stereocenters. The van der Waals surface area contributed by atoms with Gasteiger partial charge in [0.15, 0.2) is 0 Å². The van der Waals surface area contributed by atoms with Crippen LogP contribution in [0.4, 0.5) is 0 Å². The molecule has 0 heterocycles. The topological polar surface area (TPSA) is 67.4 Å². The largest absolute Gasteiger partial charge is 0.489 e. The summed E-state index contributed by atoms with van der Waals surface area (Å²) >= 11 is 0. The van der Waals surface area contributed by atoms with Crippen LogP contribution in [-0.4, -0.2) is 24.9 Å². The zero-order valence-corrected chi connectivity index (χ0v) is 15.2. The maximum atomic E-state index is 11.8. The summed E-state index contributed by atoms with van der Waals surface area (Å²) in [5.74, 6) is 0.890. The van der Waals surface area contributed by atoms with Crippen LogP contribution in [0, 0.1) is 5.92 Å². The van der Waals surface area contributed by atoms with Crippen LogP contribution < -0.4 is 15.4 Å². The van der Waals surface area contributed by atoms with Crippen LogP contribution in [0.2, 0.25) is 0 Å². The minimum atomic E-state index is -0.180. The van der Waals surface area contributed by atoms with Gasteiger partial charge in [0, 0.05) is 25.1 Å². The quantitative estimate of drug-likeness (QED) is 0.531. The molecule has 2 N–H and O–H groups in total. The average molecular weight is 364 g/mol. The Hall–Kier alpha value is -3.08. The van der Waals surface area contributed by atoms with E-state index in [-0.39, 0.29) is 17.7 Å². The fourth-order valence-electron chi connectivity index (χ4n) is 2.51. The summed E-state index contributed by atoms with van der Waals surface area (Å²) in [5.41, 5.74) is 2.03. The summed E-state index contributed by atoms with van der Waals surface area (Å²) in [6, 6.07) is 17.6. The highest BCUT2D eigenvalue weighted by atomic mass is 16.5. The van der Waals surface area contributed by atoms with Crippen molar-refractivity contribution in [2.24, 2.45) is 5.92 Å². The van der Waals surface area contributed by atoms with Gasteiger partial charge in [0.05, 0.1) is 0 Å². The highest BCUT2D eigenvalue weighted by Crippen LogP contribution is 2.28. The first-order valence-electron chi connectivity index (χ1n) is 9.21. The highest BCUT2D eigenvalue weighted by Gasteiger charge is 2.28. The van der Waals surface area contributed by atoms with Gasteiger partial charge in [0.2, 0.25) is 11.8 Å². The molecule has 1 saturated carbocycles. The van der Waals surface area contributed by atoms with E-state index in [1.165, 1.54) is 6.08 Å². The Morgan fingerprint density at radius 2 is 1.67 bits per heavy atom. The molecule has 0 atom stereocenters. The van der Waals surface area contributed by atoms with Crippen molar-refractivity contribution in [2.45, 2.75) is 19.4 Å². The molecule has 0 radical (unpaired) electrons. The van der Waals surface area contributed by atoms with Gasteiger partial charge in [0.1, 0.15) is 12.4 Å². The lowest BCUT2D eigenvalue weighted by atomic mass is 10.2.